The number of nitrogens with zero attached hydrogens (tertiary/aromatic N) is 2. The molecule has 148 valence electrons. The largest absolute Gasteiger partial charge is 0.504 e. The van der Waals surface area contributed by atoms with E-state index in [1.165, 1.54) is 18.2 Å². The number of aromatic hydroxyl groups is 2. The summed E-state index contributed by atoms with van der Waals surface area (Å²) in [7, 11) is 0. The number of carbonyl (C=O) groups is 2. The van der Waals surface area contributed by atoms with Crippen molar-refractivity contribution in [2.24, 2.45) is 32.9 Å². The SMILES string of the molecule is NC(N)=NCC(CC(=O)NC(Cc1ccc(O)c(O)c1)C(=O)O)N=C(N)N. The van der Waals surface area contributed by atoms with Gasteiger partial charge in [-0.05, 0) is 17.7 Å². The van der Waals surface area contributed by atoms with E-state index in [0.717, 1.165) is 0 Å². The van der Waals surface area contributed by atoms with Gasteiger partial charge >= 0.3 is 5.97 Å². The second kappa shape index (κ2) is 9.70. The monoisotopic (exact) mass is 381 g/mol. The molecule has 0 bridgehead atoms. The molecule has 1 aromatic carbocycles. The number of phenols is 2. The first-order valence-electron chi connectivity index (χ1n) is 7.75. The Bertz CT molecular complexity index is 742. The van der Waals surface area contributed by atoms with Crippen LogP contribution in [-0.2, 0) is 16.0 Å². The molecular formula is C15H23N7O5. The number of nitrogens with two attached hydrogens (primary N) is 4. The number of benzene rings is 1. The van der Waals surface area contributed by atoms with Crippen molar-refractivity contribution in [2.75, 3.05) is 6.54 Å². The number of carbonyl (C=O) groups excluding carboxylic acids is 1. The number of carboxylic acid groups (broad SMARTS) is 1. The van der Waals surface area contributed by atoms with Crippen LogP contribution in [0.15, 0.2) is 28.2 Å². The van der Waals surface area contributed by atoms with E-state index in [9.17, 15) is 24.9 Å². The number of aliphatic imine (C=N–C) groups is 2. The highest BCUT2D eigenvalue weighted by Crippen LogP contribution is 2.25. The van der Waals surface area contributed by atoms with Crippen LogP contribution in [0.1, 0.15) is 12.0 Å². The van der Waals surface area contributed by atoms with Crippen LogP contribution in [-0.4, -0.2) is 57.7 Å². The Kier molecular flexibility index (Phi) is 7.67. The van der Waals surface area contributed by atoms with Gasteiger partial charge in [-0.3, -0.25) is 9.79 Å². The van der Waals surface area contributed by atoms with Gasteiger partial charge in [-0.25, -0.2) is 9.79 Å². The summed E-state index contributed by atoms with van der Waals surface area (Å²) in [6.45, 7) is -0.0583. The molecule has 0 spiro atoms. The third-order valence-electron chi connectivity index (χ3n) is 3.35. The molecule has 1 aromatic rings. The van der Waals surface area contributed by atoms with Crippen LogP contribution in [0.3, 0.4) is 0 Å². The maximum absolute atomic E-state index is 12.2. The van der Waals surface area contributed by atoms with Crippen molar-refractivity contribution in [1.29, 1.82) is 0 Å². The highest BCUT2D eigenvalue weighted by Gasteiger charge is 2.23. The molecule has 0 aliphatic rings. The topological polar surface area (TPSA) is 236 Å². The van der Waals surface area contributed by atoms with E-state index >= 15 is 0 Å². The Balaban J connectivity index is 2.81. The average Bonchev–Trinajstić information content (AvgIpc) is 2.54. The molecule has 1 amide bonds. The fourth-order valence-electron chi connectivity index (χ4n) is 2.17. The number of hydrogen-bond donors (Lipinski definition) is 8. The minimum absolute atomic E-state index is 0.0583. The van der Waals surface area contributed by atoms with Crippen molar-refractivity contribution < 1.29 is 24.9 Å². The molecular weight excluding hydrogens is 358 g/mol. The van der Waals surface area contributed by atoms with Gasteiger partial charge < -0.3 is 43.6 Å². The number of guanidine groups is 2. The van der Waals surface area contributed by atoms with Gasteiger partial charge in [0.1, 0.15) is 6.04 Å². The molecule has 12 heteroatoms. The quantitative estimate of drug-likeness (QED) is 0.128. The van der Waals surface area contributed by atoms with Crippen molar-refractivity contribution in [2.45, 2.75) is 24.9 Å². The number of carboxylic acids is 1. The average molecular weight is 381 g/mol. The van der Waals surface area contributed by atoms with E-state index in [-0.39, 0.29) is 37.1 Å². The van der Waals surface area contributed by atoms with Gasteiger partial charge in [0.25, 0.3) is 0 Å². The Morgan fingerprint density at radius 1 is 1.07 bits per heavy atom. The number of rotatable bonds is 9. The van der Waals surface area contributed by atoms with Gasteiger partial charge in [0.15, 0.2) is 23.4 Å². The maximum atomic E-state index is 12.2. The highest BCUT2D eigenvalue weighted by atomic mass is 16.4. The fraction of sp³-hybridized carbons (Fsp3) is 0.333. The van der Waals surface area contributed by atoms with Crippen LogP contribution in [0.2, 0.25) is 0 Å². The summed E-state index contributed by atoms with van der Waals surface area (Å²) in [5, 5.41) is 30.4. The zero-order valence-corrected chi connectivity index (χ0v) is 14.4. The Morgan fingerprint density at radius 2 is 1.74 bits per heavy atom. The molecule has 12 nitrogen and oxygen atoms in total. The van der Waals surface area contributed by atoms with Crippen LogP contribution in [0.25, 0.3) is 0 Å². The summed E-state index contributed by atoms with van der Waals surface area (Å²) in [5.74, 6) is -3.12. The molecule has 0 saturated heterocycles. The summed E-state index contributed by atoms with van der Waals surface area (Å²) in [4.78, 5) is 31.2. The third-order valence-corrected chi connectivity index (χ3v) is 3.35. The summed E-state index contributed by atoms with van der Waals surface area (Å²) in [6, 6.07) is 1.81. The fourth-order valence-corrected chi connectivity index (χ4v) is 2.17. The lowest BCUT2D eigenvalue weighted by Crippen LogP contribution is -2.43. The van der Waals surface area contributed by atoms with Crippen molar-refractivity contribution in [1.82, 2.24) is 5.32 Å². The Hall–Kier alpha value is -3.70. The number of phenolic OH excluding ortho intramolecular Hbond substituents is 2. The molecule has 0 fully saturated rings. The first-order valence-corrected chi connectivity index (χ1v) is 7.75. The molecule has 0 aromatic heterocycles. The van der Waals surface area contributed by atoms with E-state index in [0.29, 0.717) is 5.56 Å². The molecule has 0 aliphatic carbocycles. The van der Waals surface area contributed by atoms with Crippen LogP contribution in [0, 0.1) is 0 Å². The number of aliphatic carboxylic acids is 1. The summed E-state index contributed by atoms with van der Waals surface area (Å²) in [5.41, 5.74) is 21.5. The summed E-state index contributed by atoms with van der Waals surface area (Å²) in [6.07, 6.45) is -0.366. The van der Waals surface area contributed by atoms with Crippen molar-refractivity contribution in [3.8, 4) is 11.5 Å². The number of amides is 1. The molecule has 0 aliphatic heterocycles. The van der Waals surface area contributed by atoms with Crippen molar-refractivity contribution in [3.63, 3.8) is 0 Å². The normalized spacial score (nSPS) is 12.4. The van der Waals surface area contributed by atoms with E-state index in [1.54, 1.807) is 0 Å². The van der Waals surface area contributed by atoms with Gasteiger partial charge in [-0.1, -0.05) is 6.07 Å². The van der Waals surface area contributed by atoms with Crippen molar-refractivity contribution in [3.05, 3.63) is 23.8 Å². The molecule has 0 saturated carbocycles. The second-order valence-corrected chi connectivity index (χ2v) is 5.66. The first-order chi connectivity index (χ1) is 12.6. The lowest BCUT2D eigenvalue weighted by Gasteiger charge is -2.17. The molecule has 2 unspecified atom stereocenters. The van der Waals surface area contributed by atoms with E-state index in [4.69, 9.17) is 22.9 Å². The van der Waals surface area contributed by atoms with E-state index < -0.39 is 29.7 Å². The zero-order valence-electron chi connectivity index (χ0n) is 14.4. The van der Waals surface area contributed by atoms with Gasteiger partial charge in [0.2, 0.25) is 5.91 Å². The summed E-state index contributed by atoms with van der Waals surface area (Å²) >= 11 is 0. The first kappa shape index (κ1) is 21.3. The summed E-state index contributed by atoms with van der Waals surface area (Å²) < 4.78 is 0. The van der Waals surface area contributed by atoms with Gasteiger partial charge in [0, 0.05) is 6.42 Å². The lowest BCUT2D eigenvalue weighted by atomic mass is 10.0. The van der Waals surface area contributed by atoms with Gasteiger partial charge in [-0.2, -0.15) is 0 Å². The van der Waals surface area contributed by atoms with Crippen LogP contribution in [0.5, 0.6) is 11.5 Å². The maximum Gasteiger partial charge on any atom is 0.326 e. The molecule has 0 heterocycles. The molecule has 1 rings (SSSR count). The predicted molar refractivity (Wildman–Crippen MR) is 97.9 cm³/mol. The smallest absolute Gasteiger partial charge is 0.326 e. The number of nitrogens with one attached hydrogen (secondary N) is 1. The van der Waals surface area contributed by atoms with Crippen molar-refractivity contribution >= 4 is 23.8 Å². The van der Waals surface area contributed by atoms with Gasteiger partial charge in [-0.15, -0.1) is 0 Å². The molecule has 27 heavy (non-hydrogen) atoms. The third kappa shape index (κ3) is 7.81. The van der Waals surface area contributed by atoms with Crippen LogP contribution < -0.4 is 28.3 Å². The lowest BCUT2D eigenvalue weighted by molar-refractivity contribution is -0.141. The molecule has 0 radical (unpaired) electrons. The Morgan fingerprint density at radius 3 is 2.26 bits per heavy atom. The van der Waals surface area contributed by atoms with Crippen LogP contribution in [0.4, 0.5) is 0 Å². The minimum atomic E-state index is -1.28. The minimum Gasteiger partial charge on any atom is -0.504 e. The predicted octanol–water partition coefficient (Wildman–Crippen LogP) is -2.48. The van der Waals surface area contributed by atoms with E-state index in [2.05, 4.69) is 15.3 Å². The second-order valence-electron chi connectivity index (χ2n) is 5.66. The van der Waals surface area contributed by atoms with Crippen LogP contribution >= 0.6 is 0 Å². The zero-order chi connectivity index (χ0) is 20.6. The highest BCUT2D eigenvalue weighted by molar-refractivity contribution is 5.84. The van der Waals surface area contributed by atoms with Gasteiger partial charge in [0.05, 0.1) is 19.0 Å². The van der Waals surface area contributed by atoms with E-state index in [1.807, 2.05) is 0 Å². The Labute approximate surface area is 154 Å². The standard InChI is InChI=1S/C15H23N7O5/c16-14(17)20-6-8(21-15(18)19)5-12(25)22-9(13(26)27)3-7-1-2-10(23)11(24)4-7/h1-2,4,8-9,23-24H,3,5-6H2,(H,22,25)(H,26,27)(H4,16,17,20)(H4,18,19,21). The number of hydrogen-bond acceptors (Lipinski definition) is 6. The molecule has 12 N–H and O–H groups in total. The molecule has 2 atom stereocenters.